The van der Waals surface area contributed by atoms with Gasteiger partial charge in [0.15, 0.2) is 12.0 Å². The average molecular weight is 740 g/mol. The Morgan fingerprint density at radius 1 is 0.414 bits per heavy atom. The highest BCUT2D eigenvalue weighted by Gasteiger charge is 2.50. The quantitative estimate of drug-likeness (QED) is 0.162. The molecule has 58 heavy (non-hydrogen) atoms. The summed E-state index contributed by atoms with van der Waals surface area (Å²) in [6, 6.07) is 73.1. The topological polar surface area (TPSA) is 28.0 Å². The zero-order valence-electron chi connectivity index (χ0n) is 32.0. The molecule has 1 spiro atoms. The summed E-state index contributed by atoms with van der Waals surface area (Å²) in [7, 11) is 2.12. The van der Waals surface area contributed by atoms with Crippen molar-refractivity contribution in [1.29, 1.82) is 0 Å². The van der Waals surface area contributed by atoms with Crippen molar-refractivity contribution in [2.75, 3.05) is 7.05 Å². The number of aliphatic imine (C=N–C) groups is 2. The minimum absolute atomic E-state index is 0.261. The van der Waals surface area contributed by atoms with E-state index < -0.39 is 5.41 Å². The van der Waals surface area contributed by atoms with Gasteiger partial charge in [-0.25, -0.2) is 9.98 Å². The first-order valence-electron chi connectivity index (χ1n) is 20.1. The van der Waals surface area contributed by atoms with Crippen LogP contribution in [0.2, 0.25) is 0 Å². The van der Waals surface area contributed by atoms with Gasteiger partial charge in [-0.15, -0.1) is 0 Å². The third-order valence-electron chi connectivity index (χ3n) is 12.7. The van der Waals surface area contributed by atoms with Crippen LogP contribution in [0.25, 0.3) is 54.9 Å². The number of amidine groups is 2. The van der Waals surface area contributed by atoms with Crippen LogP contribution in [0.4, 0.5) is 0 Å². The lowest BCUT2D eigenvalue weighted by atomic mass is 9.70. The molecule has 1 heterocycles. The number of fused-ring (bicyclic) bond motifs is 7. The summed E-state index contributed by atoms with van der Waals surface area (Å²) in [5, 5.41) is 5.35. The molecule has 3 aliphatic rings. The summed E-state index contributed by atoms with van der Waals surface area (Å²) in [6.07, 6.45) is -0.261. The van der Waals surface area contributed by atoms with E-state index in [2.05, 4.69) is 206 Å². The van der Waals surface area contributed by atoms with E-state index in [1.165, 1.54) is 71.6 Å². The Balaban J connectivity index is 1.00. The number of nitrogens with zero attached hydrogens (tertiary/aromatic N) is 3. The number of benzene rings is 9. The maximum Gasteiger partial charge on any atom is 0.159 e. The van der Waals surface area contributed by atoms with Crippen LogP contribution in [0, 0.1) is 0 Å². The van der Waals surface area contributed by atoms with E-state index in [-0.39, 0.29) is 6.17 Å². The van der Waals surface area contributed by atoms with Crippen molar-refractivity contribution in [3.05, 3.63) is 239 Å². The van der Waals surface area contributed by atoms with Gasteiger partial charge in [-0.2, -0.15) is 0 Å². The van der Waals surface area contributed by atoms with Gasteiger partial charge in [0.1, 0.15) is 5.84 Å². The Morgan fingerprint density at radius 2 is 0.966 bits per heavy atom. The maximum atomic E-state index is 5.30. The molecule has 2 aliphatic carbocycles. The summed E-state index contributed by atoms with van der Waals surface area (Å²) in [5.41, 5.74) is 15.5. The van der Waals surface area contributed by atoms with Crippen LogP contribution >= 0.6 is 0 Å². The number of hydrogen-bond donors (Lipinski definition) is 0. The van der Waals surface area contributed by atoms with Crippen molar-refractivity contribution in [3.63, 3.8) is 0 Å². The van der Waals surface area contributed by atoms with E-state index in [0.717, 1.165) is 33.9 Å². The molecule has 3 nitrogen and oxygen atoms in total. The van der Waals surface area contributed by atoms with Gasteiger partial charge >= 0.3 is 0 Å². The Bertz CT molecular complexity index is 3130. The molecule has 9 aromatic carbocycles. The normalized spacial score (nSPS) is 15.8. The van der Waals surface area contributed by atoms with Crippen LogP contribution in [-0.4, -0.2) is 23.6 Å². The second-order valence-electron chi connectivity index (χ2n) is 15.7. The van der Waals surface area contributed by atoms with Crippen molar-refractivity contribution in [2.24, 2.45) is 9.98 Å². The zero-order valence-corrected chi connectivity index (χ0v) is 32.0. The summed E-state index contributed by atoms with van der Waals surface area (Å²) >= 11 is 0. The summed E-state index contributed by atoms with van der Waals surface area (Å²) in [6.45, 7) is 0. The molecule has 0 radical (unpaired) electrons. The molecular weight excluding hydrogens is 703 g/mol. The lowest BCUT2D eigenvalue weighted by Crippen LogP contribution is -2.35. The third-order valence-corrected chi connectivity index (χ3v) is 12.7. The van der Waals surface area contributed by atoms with Gasteiger partial charge in [-0.1, -0.05) is 182 Å². The van der Waals surface area contributed by atoms with Crippen molar-refractivity contribution in [2.45, 2.75) is 11.6 Å². The molecule has 9 aromatic rings. The fourth-order valence-corrected chi connectivity index (χ4v) is 10.1. The third kappa shape index (κ3) is 4.68. The van der Waals surface area contributed by atoms with Gasteiger partial charge in [0.25, 0.3) is 0 Å². The van der Waals surface area contributed by atoms with Crippen LogP contribution < -0.4 is 0 Å². The molecule has 0 aromatic heterocycles. The van der Waals surface area contributed by atoms with Crippen LogP contribution in [0.1, 0.15) is 45.1 Å². The van der Waals surface area contributed by atoms with Crippen LogP contribution in [0.5, 0.6) is 0 Å². The van der Waals surface area contributed by atoms with Crippen molar-refractivity contribution in [3.8, 4) is 33.4 Å². The van der Waals surface area contributed by atoms with E-state index in [9.17, 15) is 0 Å². The minimum Gasteiger partial charge on any atom is -0.333 e. The Labute approximate surface area is 337 Å². The molecule has 3 heteroatoms. The molecule has 1 atom stereocenters. The predicted molar refractivity (Wildman–Crippen MR) is 240 cm³/mol. The fraction of sp³-hybridized carbons (Fsp3) is 0.0545. The maximum absolute atomic E-state index is 5.30. The first-order chi connectivity index (χ1) is 28.7. The molecule has 0 saturated carbocycles. The Hall–Kier alpha value is -7.36. The Morgan fingerprint density at radius 3 is 1.71 bits per heavy atom. The highest BCUT2D eigenvalue weighted by Crippen LogP contribution is 2.62. The summed E-state index contributed by atoms with van der Waals surface area (Å²) < 4.78 is 0. The van der Waals surface area contributed by atoms with Gasteiger partial charge in [-0.3, -0.25) is 0 Å². The molecular formula is C55H37N3. The smallest absolute Gasteiger partial charge is 0.159 e. The summed E-state index contributed by atoms with van der Waals surface area (Å²) in [5.74, 6) is 1.62. The predicted octanol–water partition coefficient (Wildman–Crippen LogP) is 12.8. The molecule has 0 fully saturated rings. The molecule has 0 N–H and O–H groups in total. The van der Waals surface area contributed by atoms with Gasteiger partial charge in [0.05, 0.1) is 5.41 Å². The molecule has 1 unspecified atom stereocenters. The number of hydrogen-bond acceptors (Lipinski definition) is 3. The van der Waals surface area contributed by atoms with E-state index in [0.29, 0.717) is 0 Å². The van der Waals surface area contributed by atoms with Gasteiger partial charge in [0, 0.05) is 18.2 Å². The Kier molecular flexibility index (Phi) is 7.12. The second-order valence-corrected chi connectivity index (χ2v) is 15.7. The van der Waals surface area contributed by atoms with Crippen molar-refractivity contribution < 1.29 is 0 Å². The molecule has 12 rings (SSSR count). The lowest BCUT2D eigenvalue weighted by Gasteiger charge is -2.33. The fourth-order valence-electron chi connectivity index (χ4n) is 10.1. The number of rotatable bonds is 5. The minimum atomic E-state index is -0.404. The van der Waals surface area contributed by atoms with Crippen molar-refractivity contribution >= 4 is 33.2 Å². The molecule has 272 valence electrons. The van der Waals surface area contributed by atoms with Crippen LogP contribution in [-0.2, 0) is 5.41 Å². The van der Waals surface area contributed by atoms with Gasteiger partial charge in [0.2, 0.25) is 0 Å². The zero-order chi connectivity index (χ0) is 38.4. The SMILES string of the molecule is CN1C(c2cccc(-c3ccc4c(c3)C3(c5ccccc5-4)c4cccc5ccc6cccc3c6c45)c2)=NC(c2ccccc2)=NC1c1cccc(-c2ccccc2)c1. The average Bonchev–Trinajstić information content (AvgIpc) is 3.77. The van der Waals surface area contributed by atoms with E-state index in [1.54, 1.807) is 0 Å². The van der Waals surface area contributed by atoms with E-state index >= 15 is 0 Å². The largest absolute Gasteiger partial charge is 0.333 e. The van der Waals surface area contributed by atoms with Crippen molar-refractivity contribution in [1.82, 2.24) is 4.90 Å². The highest BCUT2D eigenvalue weighted by atomic mass is 15.3. The first-order valence-corrected chi connectivity index (χ1v) is 20.1. The molecule has 0 bridgehead atoms. The van der Waals surface area contributed by atoms with Crippen LogP contribution in [0.3, 0.4) is 0 Å². The van der Waals surface area contributed by atoms with Crippen LogP contribution in [0.15, 0.2) is 210 Å². The van der Waals surface area contributed by atoms with Gasteiger partial charge in [-0.05, 0) is 101 Å². The highest BCUT2D eigenvalue weighted by molar-refractivity contribution is 6.17. The van der Waals surface area contributed by atoms with Gasteiger partial charge < -0.3 is 4.90 Å². The second kappa shape index (κ2) is 12.6. The first kappa shape index (κ1) is 32.8. The molecule has 0 saturated heterocycles. The molecule has 0 amide bonds. The van der Waals surface area contributed by atoms with E-state index in [4.69, 9.17) is 9.98 Å². The van der Waals surface area contributed by atoms with E-state index in [1.807, 2.05) is 6.07 Å². The monoisotopic (exact) mass is 739 g/mol. The lowest BCUT2D eigenvalue weighted by molar-refractivity contribution is 0.383. The summed E-state index contributed by atoms with van der Waals surface area (Å²) in [4.78, 5) is 12.8. The molecule has 1 aliphatic heterocycles. The standard InChI is InChI=1S/C55H37N3/c1-58-53(42-22-10-20-39(32-42)35-14-4-2-5-15-35)56-52(38-16-6-3-7-17-38)57-54(58)43-23-11-21-40(33-43)41-30-31-45-44-24-8-9-25-46(44)55(49(45)34-41)47-26-12-18-36-28-29-37-19-13-27-48(55)51(37)50(36)47/h2-34,53H,1H3.